The van der Waals surface area contributed by atoms with Crippen LogP contribution in [-0.4, -0.2) is 28.8 Å². The molecule has 126 valence electrons. The van der Waals surface area contributed by atoms with Crippen molar-refractivity contribution in [3.8, 4) is 0 Å². The Labute approximate surface area is 155 Å². The van der Waals surface area contributed by atoms with Crippen molar-refractivity contribution in [3.05, 3.63) is 57.3 Å². The molecule has 4 rings (SSSR count). The molecule has 0 bridgehead atoms. The molecular weight excluding hydrogens is 380 g/mol. The van der Waals surface area contributed by atoms with Gasteiger partial charge >= 0.3 is 0 Å². The second-order valence-corrected chi connectivity index (χ2v) is 7.42. The van der Waals surface area contributed by atoms with E-state index in [9.17, 15) is 4.79 Å². The number of nitrogens with zero attached hydrogens (tertiary/aromatic N) is 6. The zero-order valence-corrected chi connectivity index (χ0v) is 15.2. The molecule has 0 aliphatic heterocycles. The van der Waals surface area contributed by atoms with Crippen molar-refractivity contribution in [2.75, 3.05) is 0 Å². The summed E-state index contributed by atoms with van der Waals surface area (Å²) in [6.07, 6.45) is 1.67. The summed E-state index contributed by atoms with van der Waals surface area (Å²) in [6, 6.07) is 7.40. The van der Waals surface area contributed by atoms with Gasteiger partial charge in [-0.1, -0.05) is 46.1 Å². The fourth-order valence-corrected chi connectivity index (χ4v) is 4.21. The van der Waals surface area contributed by atoms with E-state index < -0.39 is 0 Å². The molecule has 0 unspecified atom stereocenters. The van der Waals surface area contributed by atoms with E-state index in [0.29, 0.717) is 38.6 Å². The second kappa shape index (κ2) is 6.58. The van der Waals surface area contributed by atoms with Crippen LogP contribution >= 0.6 is 34.9 Å². The maximum atomic E-state index is 12.7. The monoisotopic (exact) mass is 390 g/mol. The zero-order chi connectivity index (χ0) is 17.4. The van der Waals surface area contributed by atoms with Gasteiger partial charge in [0, 0.05) is 23.8 Å². The fraction of sp³-hybridized carbons (Fsp3) is 0.133. The third kappa shape index (κ3) is 2.74. The number of benzene rings is 1. The summed E-state index contributed by atoms with van der Waals surface area (Å²) in [5.74, 6) is 0.999. The van der Waals surface area contributed by atoms with Crippen molar-refractivity contribution >= 4 is 51.6 Å². The van der Waals surface area contributed by atoms with Crippen LogP contribution in [0.25, 0.3) is 16.7 Å². The maximum absolute atomic E-state index is 12.7. The number of hydrogen-bond donors (Lipinski definition) is 0. The molecule has 0 aliphatic carbocycles. The smallest absolute Gasteiger partial charge is 0.263 e. The predicted octanol–water partition coefficient (Wildman–Crippen LogP) is 3.03. The Morgan fingerprint density at radius 2 is 2.12 bits per heavy atom. The molecule has 0 amide bonds. The van der Waals surface area contributed by atoms with Gasteiger partial charge in [0.25, 0.3) is 5.56 Å². The molecule has 0 spiro atoms. The molecule has 7 nitrogen and oxygen atoms in total. The van der Waals surface area contributed by atoms with Gasteiger partial charge in [-0.3, -0.25) is 13.8 Å². The van der Waals surface area contributed by atoms with Crippen LogP contribution in [0, 0.1) is 0 Å². The molecule has 0 atom stereocenters. The lowest BCUT2D eigenvalue weighted by atomic mass is 10.2. The van der Waals surface area contributed by atoms with Crippen LogP contribution in [0.4, 0.5) is 0 Å². The Balaban J connectivity index is 1.90. The number of fused-ring (bicyclic) bond motifs is 3. The summed E-state index contributed by atoms with van der Waals surface area (Å²) < 4.78 is 7.83. The third-order valence-electron chi connectivity index (χ3n) is 3.64. The van der Waals surface area contributed by atoms with E-state index >= 15 is 0 Å². The molecule has 0 saturated carbocycles. The van der Waals surface area contributed by atoms with Gasteiger partial charge in [0.1, 0.15) is 10.0 Å². The Morgan fingerprint density at radius 1 is 1.28 bits per heavy atom. The van der Waals surface area contributed by atoms with Crippen LogP contribution in [0.3, 0.4) is 0 Å². The highest BCUT2D eigenvalue weighted by molar-refractivity contribution is 7.98. The van der Waals surface area contributed by atoms with Gasteiger partial charge in [-0.25, -0.2) is 0 Å². The molecule has 4 aromatic rings. The largest absolute Gasteiger partial charge is 0.272 e. The van der Waals surface area contributed by atoms with Crippen LogP contribution in [-0.2, 0) is 12.3 Å². The summed E-state index contributed by atoms with van der Waals surface area (Å²) in [5.41, 5.74) is 1.36. The molecule has 1 aromatic carbocycles. The molecule has 0 saturated heterocycles. The quantitative estimate of drug-likeness (QED) is 0.385. The minimum absolute atomic E-state index is 0.112. The first-order valence-corrected chi connectivity index (χ1v) is 9.41. The number of halogens is 1. The van der Waals surface area contributed by atoms with Gasteiger partial charge in [0.15, 0.2) is 5.16 Å². The predicted molar refractivity (Wildman–Crippen MR) is 99.4 cm³/mol. The summed E-state index contributed by atoms with van der Waals surface area (Å²) in [7, 11) is 0. The van der Waals surface area contributed by atoms with Crippen LogP contribution in [0.5, 0.6) is 0 Å². The van der Waals surface area contributed by atoms with Crippen molar-refractivity contribution in [3.63, 3.8) is 0 Å². The molecule has 3 aromatic heterocycles. The molecule has 25 heavy (non-hydrogen) atoms. The van der Waals surface area contributed by atoms with Gasteiger partial charge in [-0.05, 0) is 12.1 Å². The fourth-order valence-electron chi connectivity index (χ4n) is 2.54. The van der Waals surface area contributed by atoms with Gasteiger partial charge in [-0.15, -0.1) is 21.9 Å². The summed E-state index contributed by atoms with van der Waals surface area (Å²) in [6.45, 7) is 4.08. The average Bonchev–Trinajstić information content (AvgIpc) is 3.23. The standard InChI is InChI=1S/C15H11ClN6OS2/c1-2-7-21-13(23)9-5-3-4-6-11(9)22-14(21)18-19-15(22)24-8-10-12(16)25-20-17-10/h2-6H,1,7-8H2. The average molecular weight is 391 g/mol. The van der Waals surface area contributed by atoms with Crippen molar-refractivity contribution < 1.29 is 0 Å². The van der Waals surface area contributed by atoms with Crippen LogP contribution in [0.15, 0.2) is 46.9 Å². The van der Waals surface area contributed by atoms with Gasteiger partial charge in [-0.2, -0.15) is 0 Å². The minimum atomic E-state index is -0.112. The maximum Gasteiger partial charge on any atom is 0.263 e. The topological polar surface area (TPSA) is 78.0 Å². The molecule has 3 heterocycles. The van der Waals surface area contributed by atoms with E-state index in [2.05, 4.69) is 26.4 Å². The highest BCUT2D eigenvalue weighted by Gasteiger charge is 2.17. The SMILES string of the molecule is C=CCn1c(=O)c2ccccc2n2c(SCc3nnsc3Cl)nnc12. The molecule has 0 radical (unpaired) electrons. The first-order valence-electron chi connectivity index (χ1n) is 7.28. The van der Waals surface area contributed by atoms with E-state index in [1.165, 1.54) is 11.8 Å². The van der Waals surface area contributed by atoms with Crippen molar-refractivity contribution in [2.24, 2.45) is 0 Å². The normalized spacial score (nSPS) is 11.4. The van der Waals surface area contributed by atoms with Crippen LogP contribution in [0.1, 0.15) is 5.69 Å². The molecular formula is C15H11ClN6OS2. The van der Waals surface area contributed by atoms with Gasteiger partial charge in [0.05, 0.1) is 10.9 Å². The summed E-state index contributed by atoms with van der Waals surface area (Å²) in [4.78, 5) is 12.7. The van der Waals surface area contributed by atoms with E-state index in [1.54, 1.807) is 16.7 Å². The van der Waals surface area contributed by atoms with E-state index in [1.807, 2.05) is 22.6 Å². The Hall–Kier alpha value is -2.23. The highest BCUT2D eigenvalue weighted by Crippen LogP contribution is 2.27. The minimum Gasteiger partial charge on any atom is -0.272 e. The number of aromatic nitrogens is 6. The second-order valence-electron chi connectivity index (χ2n) is 5.12. The van der Waals surface area contributed by atoms with Gasteiger partial charge in [0.2, 0.25) is 5.78 Å². The zero-order valence-electron chi connectivity index (χ0n) is 12.8. The Bertz CT molecular complexity index is 1150. The van der Waals surface area contributed by atoms with E-state index in [0.717, 1.165) is 17.0 Å². The van der Waals surface area contributed by atoms with Crippen molar-refractivity contribution in [1.29, 1.82) is 0 Å². The number of rotatable bonds is 5. The first-order chi connectivity index (χ1) is 12.2. The number of allylic oxidation sites excluding steroid dienone is 1. The lowest BCUT2D eigenvalue weighted by Gasteiger charge is -2.09. The van der Waals surface area contributed by atoms with Crippen molar-refractivity contribution in [2.45, 2.75) is 17.5 Å². The Morgan fingerprint density at radius 3 is 2.88 bits per heavy atom. The van der Waals surface area contributed by atoms with Crippen LogP contribution in [0.2, 0.25) is 4.34 Å². The number of thioether (sulfide) groups is 1. The lowest BCUT2D eigenvalue weighted by molar-refractivity contribution is 0.783. The van der Waals surface area contributed by atoms with E-state index in [4.69, 9.17) is 11.6 Å². The highest BCUT2D eigenvalue weighted by atomic mass is 35.5. The molecule has 0 aliphatic rings. The lowest BCUT2D eigenvalue weighted by Crippen LogP contribution is -2.22. The van der Waals surface area contributed by atoms with E-state index in [-0.39, 0.29) is 5.56 Å². The van der Waals surface area contributed by atoms with Crippen LogP contribution < -0.4 is 5.56 Å². The number of para-hydroxylation sites is 1. The summed E-state index contributed by atoms with van der Waals surface area (Å²) >= 11 is 8.66. The molecule has 0 fully saturated rings. The molecule has 10 heteroatoms. The third-order valence-corrected chi connectivity index (χ3v) is 5.56. The molecule has 0 N–H and O–H groups in total. The first kappa shape index (κ1) is 16.2. The Kier molecular flexibility index (Phi) is 4.28. The number of hydrogen-bond acceptors (Lipinski definition) is 7. The van der Waals surface area contributed by atoms with Gasteiger partial charge < -0.3 is 0 Å². The summed E-state index contributed by atoms with van der Waals surface area (Å²) in [5, 5.41) is 13.7. The van der Waals surface area contributed by atoms with Crippen molar-refractivity contribution in [1.82, 2.24) is 28.8 Å².